The Morgan fingerprint density at radius 3 is 1.73 bits per heavy atom. The molecule has 0 spiro atoms. The molecule has 0 aliphatic heterocycles. The molecule has 1 aromatic rings. The molecule has 0 amide bonds. The number of rotatable bonds is 1. The number of carboxylic acid groups (broad SMARTS) is 1. The second kappa shape index (κ2) is 9.91. The van der Waals surface area contributed by atoms with Crippen molar-refractivity contribution in [1.29, 1.82) is 0 Å². The Balaban J connectivity index is -0.0000000411. The van der Waals surface area contributed by atoms with E-state index in [1.165, 1.54) is 0 Å². The van der Waals surface area contributed by atoms with Crippen molar-refractivity contribution in [2.45, 2.75) is 0 Å². The van der Waals surface area contributed by atoms with Gasteiger partial charge in [-0.2, -0.15) is 0 Å². The zero-order valence-corrected chi connectivity index (χ0v) is 16.4. The van der Waals surface area contributed by atoms with Crippen LogP contribution in [0.4, 0.5) is 0 Å². The van der Waals surface area contributed by atoms with Crippen molar-refractivity contribution in [1.82, 2.24) is 0 Å². The summed E-state index contributed by atoms with van der Waals surface area (Å²) < 4.78 is 0. The third kappa shape index (κ3) is 6.43. The van der Waals surface area contributed by atoms with Crippen LogP contribution in [0.15, 0.2) is 12.1 Å². The Kier molecular flexibility index (Phi) is 14.6. The van der Waals surface area contributed by atoms with Crippen LogP contribution in [0.2, 0.25) is 0 Å². The van der Waals surface area contributed by atoms with E-state index in [4.69, 9.17) is 20.4 Å². The average Bonchev–Trinajstić information content (AvgIpc) is 1.99. The van der Waals surface area contributed by atoms with Crippen LogP contribution in [0, 0.1) is 0 Å². The number of phenols is 3. The minimum Gasteiger partial charge on any atom is -1.00 e. The van der Waals surface area contributed by atoms with Crippen molar-refractivity contribution in [2.75, 3.05) is 0 Å². The second-order valence-electron chi connectivity index (χ2n) is 2.17. The van der Waals surface area contributed by atoms with E-state index in [0.29, 0.717) is 0 Å². The summed E-state index contributed by atoms with van der Waals surface area (Å²) in [7, 11) is 0. The van der Waals surface area contributed by atoms with E-state index < -0.39 is 23.2 Å². The molecule has 0 fully saturated rings. The molecule has 8 heteroatoms. The summed E-state index contributed by atoms with van der Waals surface area (Å²) in [6.07, 6.45) is 0. The normalized spacial score (nSPS) is 7.73. The van der Waals surface area contributed by atoms with Gasteiger partial charge in [0.2, 0.25) is 0 Å². The summed E-state index contributed by atoms with van der Waals surface area (Å²) >= 11 is 0. The first-order valence-corrected chi connectivity index (χ1v) is 3.00. The molecule has 0 atom stereocenters. The molecule has 1 aromatic carbocycles. The van der Waals surface area contributed by atoms with Crippen LogP contribution in [0.5, 0.6) is 17.2 Å². The molecule has 4 N–H and O–H groups in total. The Morgan fingerprint density at radius 2 is 1.47 bits per heavy atom. The summed E-state index contributed by atoms with van der Waals surface area (Å²) in [6.45, 7) is 0. The third-order valence-corrected chi connectivity index (χ3v) is 1.32. The predicted molar refractivity (Wildman–Crippen MR) is 54.4 cm³/mol. The van der Waals surface area contributed by atoms with E-state index in [9.17, 15) is 4.79 Å². The van der Waals surface area contributed by atoms with Crippen LogP contribution >= 0.6 is 0 Å². The molecular weight excluding hydrogens is 381 g/mol. The van der Waals surface area contributed by atoms with Gasteiger partial charge in [0, 0.05) is 32.7 Å². The van der Waals surface area contributed by atoms with Crippen molar-refractivity contribution in [2.24, 2.45) is 0 Å². The maximum absolute atomic E-state index is 10.3. The molecule has 0 aliphatic carbocycles. The van der Waals surface area contributed by atoms with Gasteiger partial charge in [-0.05, 0) is 12.1 Å². The number of carbonyl (C=O) groups is 1. The van der Waals surface area contributed by atoms with Gasteiger partial charge in [-0.25, -0.2) is 4.79 Å². The van der Waals surface area contributed by atoms with Gasteiger partial charge in [-0.3, -0.25) is 0 Å². The molecule has 0 aromatic heterocycles. The second-order valence-corrected chi connectivity index (χ2v) is 2.17. The van der Waals surface area contributed by atoms with Gasteiger partial charge in [0.1, 0.15) is 0 Å². The Labute approximate surface area is 184 Å². The number of aromatic hydroxyl groups is 3. The summed E-state index contributed by atoms with van der Waals surface area (Å²) in [5.74, 6) is -3.33. The largest absolute Gasteiger partial charge is 2.00 e. The molecule has 0 heterocycles. The summed E-state index contributed by atoms with van der Waals surface area (Å²) in [5.41, 5.74) is -0.289. The van der Waals surface area contributed by atoms with Crippen LogP contribution in [0.3, 0.4) is 0 Å². The van der Waals surface area contributed by atoms with Crippen molar-refractivity contribution in [3.63, 3.8) is 0 Å². The monoisotopic (exact) mass is 391 g/mol. The van der Waals surface area contributed by atoms with Gasteiger partial charge in [0.05, 0.1) is 5.56 Å². The summed E-state index contributed by atoms with van der Waals surface area (Å²) in [4.78, 5) is 10.3. The van der Waals surface area contributed by atoms with E-state index in [1.807, 2.05) is 0 Å². The molecule has 75 valence electrons. The topological polar surface area (TPSA) is 98.0 Å². The Bertz CT molecular complexity index is 337. The van der Waals surface area contributed by atoms with Crippen molar-refractivity contribution in [3.05, 3.63) is 17.7 Å². The number of aromatic carboxylic acids is 1. The number of phenolic OH excluding ortho intramolecular Hbond substituents is 3. The van der Waals surface area contributed by atoms with Gasteiger partial charge in [0.25, 0.3) is 0 Å². The molecule has 15 heavy (non-hydrogen) atoms. The maximum atomic E-state index is 10.3. The molecule has 0 saturated carbocycles. The number of benzene rings is 1. The quantitative estimate of drug-likeness (QED) is 0.405. The molecule has 0 saturated heterocycles. The van der Waals surface area contributed by atoms with Gasteiger partial charge in [0.15, 0.2) is 17.2 Å². The Morgan fingerprint density at radius 1 is 1.13 bits per heavy atom. The molecule has 5 nitrogen and oxygen atoms in total. The molecule has 1 radical (unpaired) electrons. The van der Waals surface area contributed by atoms with Crippen molar-refractivity contribution in [3.8, 4) is 17.2 Å². The third-order valence-electron chi connectivity index (χ3n) is 1.32. The maximum Gasteiger partial charge on any atom is 2.00 e. The van der Waals surface area contributed by atoms with Crippen LogP contribution in [0.1, 0.15) is 16.1 Å². The first kappa shape index (κ1) is 22.1. The van der Waals surface area contributed by atoms with Gasteiger partial charge in [-0.1, -0.05) is 0 Å². The fraction of sp³-hybridized carbons (Fsp3) is 0. The average molecular weight is 391 g/mol. The standard InChI is InChI=1S/C7H6O5.Ca.Sr.Y.4H/c8-4-1-3(7(11)12)2-5(9)6(4)10;;;;;;;/h1-2,8-10H,(H,11,12);;;;;;;/q;2*+2;;4*-1. The molecular formula is C7H10CaO5SrY. The fourth-order valence-corrected chi connectivity index (χ4v) is 0.728. The summed E-state index contributed by atoms with van der Waals surface area (Å²) in [5, 5.41) is 35.0. The van der Waals surface area contributed by atoms with Crippen LogP contribution < -0.4 is 0 Å². The number of hydrogen-bond acceptors (Lipinski definition) is 4. The van der Waals surface area contributed by atoms with Gasteiger partial charge >= 0.3 is 89.2 Å². The van der Waals surface area contributed by atoms with E-state index in [1.54, 1.807) is 0 Å². The first-order chi connectivity index (χ1) is 5.52. The number of carboxylic acids is 1. The minimum atomic E-state index is -1.29. The minimum absolute atomic E-state index is 0. The zero-order chi connectivity index (χ0) is 9.30. The summed E-state index contributed by atoms with van der Waals surface area (Å²) in [6, 6.07) is 1.69. The van der Waals surface area contributed by atoms with Crippen LogP contribution in [-0.2, 0) is 32.7 Å². The van der Waals surface area contributed by atoms with E-state index in [-0.39, 0.29) is 127 Å². The SMILES string of the molecule is O=C(O)c1cc(O)c(O)c(O)c1.[Ca+2].[H-].[H-].[H-].[H-].[Sr+2].[Y]. The predicted octanol–water partition coefficient (Wildman–Crippen LogP) is 0.187. The van der Waals surface area contributed by atoms with Crippen LogP contribution in [-0.4, -0.2) is 110 Å². The number of hydrogen-bond donors (Lipinski definition) is 4. The van der Waals surface area contributed by atoms with E-state index in [2.05, 4.69) is 0 Å². The zero-order valence-electron chi connectivity index (χ0n) is 11.8. The molecule has 0 aliphatic rings. The molecule has 0 unspecified atom stereocenters. The van der Waals surface area contributed by atoms with E-state index in [0.717, 1.165) is 12.1 Å². The van der Waals surface area contributed by atoms with Gasteiger partial charge in [-0.15, -0.1) is 0 Å². The van der Waals surface area contributed by atoms with Crippen molar-refractivity contribution < 1.29 is 63.6 Å². The van der Waals surface area contributed by atoms with Crippen molar-refractivity contribution >= 4 is 89.2 Å². The first-order valence-electron chi connectivity index (χ1n) is 3.00. The van der Waals surface area contributed by atoms with Gasteiger partial charge < -0.3 is 26.1 Å². The van der Waals surface area contributed by atoms with E-state index >= 15 is 0 Å². The molecule has 0 bridgehead atoms. The smallest absolute Gasteiger partial charge is 1.00 e. The molecule has 1 rings (SSSR count). The van der Waals surface area contributed by atoms with Crippen LogP contribution in [0.25, 0.3) is 0 Å². The fourth-order valence-electron chi connectivity index (χ4n) is 0.728. The Hall–Kier alpha value is 1.93.